The van der Waals surface area contributed by atoms with Crippen molar-refractivity contribution in [3.8, 4) is 5.69 Å². The molecule has 1 aromatic heterocycles. The summed E-state index contributed by atoms with van der Waals surface area (Å²) in [6.45, 7) is 12.1. The van der Waals surface area contributed by atoms with Crippen molar-refractivity contribution < 1.29 is 28.5 Å². The van der Waals surface area contributed by atoms with Gasteiger partial charge in [-0.15, -0.1) is 0 Å². The number of aromatic nitrogens is 1. The molecule has 0 saturated carbocycles. The molecule has 1 saturated heterocycles. The number of benzene rings is 1. The fourth-order valence-corrected chi connectivity index (χ4v) is 3.35. The Morgan fingerprint density at radius 1 is 0.864 bits per heavy atom. The van der Waals surface area contributed by atoms with Crippen molar-refractivity contribution in [3.05, 3.63) is 48.8 Å². The Morgan fingerprint density at radius 2 is 1.36 bits per heavy atom. The molecule has 0 amide bonds. The second-order valence-electron chi connectivity index (χ2n) is 6.02. The van der Waals surface area contributed by atoms with Gasteiger partial charge < -0.3 is 37.9 Å². The number of quaternary nitrogens is 1. The molecule has 0 spiro atoms. The maximum atomic E-state index is 2.53. The molecule has 3 rings (SSSR count). The van der Waals surface area contributed by atoms with E-state index in [0.717, 1.165) is 0 Å². The highest BCUT2D eigenvalue weighted by atomic mass is 127. The number of halogens is 1. The highest BCUT2D eigenvalue weighted by molar-refractivity contribution is 5.51. The van der Waals surface area contributed by atoms with Crippen LogP contribution in [0.4, 0.5) is 5.69 Å². The van der Waals surface area contributed by atoms with Crippen molar-refractivity contribution in [2.75, 3.05) is 44.2 Å². The van der Waals surface area contributed by atoms with E-state index in [2.05, 4.69) is 72.1 Å². The van der Waals surface area contributed by atoms with Gasteiger partial charge in [-0.05, 0) is 50.2 Å². The minimum atomic E-state index is 0. The van der Waals surface area contributed by atoms with Crippen molar-refractivity contribution in [1.29, 1.82) is 0 Å². The van der Waals surface area contributed by atoms with E-state index in [0.29, 0.717) is 0 Å². The molecule has 2 aromatic rings. The number of anilines is 1. The molecule has 0 atom stereocenters. The van der Waals surface area contributed by atoms with Crippen LogP contribution in [-0.4, -0.2) is 48.3 Å². The molecule has 1 aromatic carbocycles. The maximum Gasteiger partial charge on any atom is 0.0965 e. The fourth-order valence-electron chi connectivity index (χ4n) is 3.35. The molecule has 4 heteroatoms. The number of nitrogens with zero attached hydrogens (tertiary/aromatic N) is 3. The molecule has 120 valence electrons. The van der Waals surface area contributed by atoms with Crippen LogP contribution in [0.1, 0.15) is 13.8 Å². The Morgan fingerprint density at radius 3 is 1.86 bits per heavy atom. The van der Waals surface area contributed by atoms with Gasteiger partial charge in [0.05, 0.1) is 39.3 Å². The standard InChI is InChI=1S/C18H26N3.HI/c1-3-21(4-2)15-13-20(14-16-21)18-9-7-17(8-10-18)19-11-5-6-12-19;/h5-12H,3-4,13-16H2,1-2H3;1H/q+1;/p-1. The second-order valence-corrected chi connectivity index (χ2v) is 6.02. The van der Waals surface area contributed by atoms with E-state index < -0.39 is 0 Å². The van der Waals surface area contributed by atoms with E-state index in [4.69, 9.17) is 0 Å². The number of likely N-dealkylation sites (N-methyl/N-ethyl adjacent to an activating group) is 1. The van der Waals surface area contributed by atoms with Crippen LogP contribution in [-0.2, 0) is 0 Å². The molecular formula is C18H26IN3. The minimum absolute atomic E-state index is 0. The van der Waals surface area contributed by atoms with Gasteiger partial charge in [0.2, 0.25) is 0 Å². The topological polar surface area (TPSA) is 8.17 Å². The number of hydrogen-bond donors (Lipinski definition) is 0. The molecule has 1 aliphatic heterocycles. The molecule has 0 radical (unpaired) electrons. The quantitative estimate of drug-likeness (QED) is 0.514. The van der Waals surface area contributed by atoms with Gasteiger partial charge in [-0.1, -0.05) is 0 Å². The largest absolute Gasteiger partial charge is 1.00 e. The molecule has 2 heterocycles. The van der Waals surface area contributed by atoms with Gasteiger partial charge in [0, 0.05) is 23.8 Å². The van der Waals surface area contributed by atoms with Gasteiger partial charge in [-0.25, -0.2) is 0 Å². The molecule has 0 aliphatic carbocycles. The summed E-state index contributed by atoms with van der Waals surface area (Å²) in [5, 5.41) is 0. The number of rotatable bonds is 4. The van der Waals surface area contributed by atoms with Crippen LogP contribution in [0.25, 0.3) is 5.69 Å². The maximum absolute atomic E-state index is 2.53. The lowest BCUT2D eigenvalue weighted by molar-refractivity contribution is -0.925. The summed E-state index contributed by atoms with van der Waals surface area (Å²) < 4.78 is 3.42. The van der Waals surface area contributed by atoms with Crippen molar-refractivity contribution in [2.24, 2.45) is 0 Å². The third-order valence-corrected chi connectivity index (χ3v) is 5.15. The predicted octanol–water partition coefficient (Wildman–Crippen LogP) is 0.158. The van der Waals surface area contributed by atoms with Gasteiger partial charge in [0.25, 0.3) is 0 Å². The van der Waals surface area contributed by atoms with Gasteiger partial charge in [-0.2, -0.15) is 0 Å². The average Bonchev–Trinajstić information content (AvgIpc) is 3.10. The van der Waals surface area contributed by atoms with Crippen molar-refractivity contribution in [2.45, 2.75) is 13.8 Å². The highest BCUT2D eigenvalue weighted by Crippen LogP contribution is 2.21. The summed E-state index contributed by atoms with van der Waals surface area (Å²) >= 11 is 0. The minimum Gasteiger partial charge on any atom is -1.00 e. The Bertz CT molecular complexity index is 549. The zero-order valence-corrected chi connectivity index (χ0v) is 15.7. The van der Waals surface area contributed by atoms with Crippen LogP contribution in [0.15, 0.2) is 48.8 Å². The summed E-state index contributed by atoms with van der Waals surface area (Å²) in [7, 11) is 0. The first-order valence-electron chi connectivity index (χ1n) is 8.10. The Balaban J connectivity index is 0.00000176. The molecular weight excluding hydrogens is 385 g/mol. The van der Waals surface area contributed by atoms with Crippen LogP contribution in [0.5, 0.6) is 0 Å². The first-order valence-corrected chi connectivity index (χ1v) is 8.10. The molecule has 22 heavy (non-hydrogen) atoms. The van der Waals surface area contributed by atoms with Crippen LogP contribution < -0.4 is 28.9 Å². The summed E-state index contributed by atoms with van der Waals surface area (Å²) in [6.07, 6.45) is 4.18. The van der Waals surface area contributed by atoms with Crippen LogP contribution in [0, 0.1) is 0 Å². The van der Waals surface area contributed by atoms with Gasteiger partial charge >= 0.3 is 0 Å². The van der Waals surface area contributed by atoms with E-state index in [9.17, 15) is 0 Å². The first-order chi connectivity index (χ1) is 10.3. The van der Waals surface area contributed by atoms with E-state index >= 15 is 0 Å². The summed E-state index contributed by atoms with van der Waals surface area (Å²) in [4.78, 5) is 2.53. The zero-order chi connectivity index (χ0) is 14.7. The van der Waals surface area contributed by atoms with E-state index in [-0.39, 0.29) is 24.0 Å². The highest BCUT2D eigenvalue weighted by Gasteiger charge is 2.29. The van der Waals surface area contributed by atoms with Gasteiger partial charge in [0.1, 0.15) is 0 Å². The van der Waals surface area contributed by atoms with Crippen LogP contribution >= 0.6 is 0 Å². The molecule has 1 fully saturated rings. The Kier molecular flexibility index (Phi) is 5.92. The fraction of sp³-hybridized carbons (Fsp3) is 0.444. The van der Waals surface area contributed by atoms with Crippen LogP contribution in [0.3, 0.4) is 0 Å². The van der Waals surface area contributed by atoms with Crippen LogP contribution in [0.2, 0.25) is 0 Å². The number of hydrogen-bond acceptors (Lipinski definition) is 1. The lowest BCUT2D eigenvalue weighted by Crippen LogP contribution is -3.00. The van der Waals surface area contributed by atoms with E-state index in [1.807, 2.05) is 0 Å². The van der Waals surface area contributed by atoms with Crippen molar-refractivity contribution in [1.82, 2.24) is 4.57 Å². The zero-order valence-electron chi connectivity index (χ0n) is 13.6. The predicted molar refractivity (Wildman–Crippen MR) is 89.1 cm³/mol. The molecule has 0 N–H and O–H groups in total. The Labute approximate surface area is 151 Å². The second kappa shape index (κ2) is 7.51. The Hall–Kier alpha value is -1.01. The summed E-state index contributed by atoms with van der Waals surface area (Å²) in [6, 6.07) is 13.1. The normalized spacial score (nSPS) is 17.1. The molecule has 0 bridgehead atoms. The van der Waals surface area contributed by atoms with E-state index in [1.54, 1.807) is 0 Å². The third kappa shape index (κ3) is 3.49. The SMILES string of the molecule is CC[N+]1(CC)CCN(c2ccc(-n3cccc3)cc2)CC1.[I-]. The monoisotopic (exact) mass is 411 g/mol. The number of piperazine rings is 1. The van der Waals surface area contributed by atoms with Crippen molar-refractivity contribution >= 4 is 5.69 Å². The average molecular weight is 411 g/mol. The van der Waals surface area contributed by atoms with Crippen molar-refractivity contribution in [3.63, 3.8) is 0 Å². The molecule has 0 unspecified atom stereocenters. The lowest BCUT2D eigenvalue weighted by Gasteiger charge is -2.44. The lowest BCUT2D eigenvalue weighted by atomic mass is 10.2. The third-order valence-electron chi connectivity index (χ3n) is 5.15. The summed E-state index contributed by atoms with van der Waals surface area (Å²) in [5.41, 5.74) is 2.59. The molecule has 3 nitrogen and oxygen atoms in total. The van der Waals surface area contributed by atoms with Gasteiger partial charge in [-0.3, -0.25) is 0 Å². The molecule has 1 aliphatic rings. The first kappa shape index (κ1) is 17.3. The van der Waals surface area contributed by atoms with Gasteiger partial charge in [0.15, 0.2) is 0 Å². The summed E-state index contributed by atoms with van der Waals surface area (Å²) in [5.74, 6) is 0. The van der Waals surface area contributed by atoms with E-state index in [1.165, 1.54) is 55.1 Å². The smallest absolute Gasteiger partial charge is 0.0965 e.